The summed E-state index contributed by atoms with van der Waals surface area (Å²) in [6.07, 6.45) is -2.31. The topological polar surface area (TPSA) is 36.4 Å². The van der Waals surface area contributed by atoms with Crippen LogP contribution in [-0.4, -0.2) is 40.9 Å². The maximum atomic E-state index is 12.6. The number of pyridine rings is 1. The molecule has 1 heterocycles. The van der Waals surface area contributed by atoms with Gasteiger partial charge in [0.15, 0.2) is 0 Å². The first-order valence-electron chi connectivity index (χ1n) is 6.72. The number of aliphatic hydroxyl groups is 1. The molecule has 1 aromatic heterocycles. The molecule has 21 heavy (non-hydrogen) atoms. The van der Waals surface area contributed by atoms with E-state index in [2.05, 4.69) is 4.98 Å². The number of rotatable bonds is 6. The van der Waals surface area contributed by atoms with Crippen molar-refractivity contribution < 1.29 is 18.3 Å². The van der Waals surface area contributed by atoms with Crippen molar-refractivity contribution in [3.8, 4) is 0 Å². The third kappa shape index (κ3) is 4.68. The van der Waals surface area contributed by atoms with E-state index in [0.717, 1.165) is 16.5 Å². The molecular formula is C15H17F3N2O. The molecule has 0 fully saturated rings. The average Bonchev–Trinajstić information content (AvgIpc) is 2.43. The Morgan fingerprint density at radius 3 is 2.62 bits per heavy atom. The van der Waals surface area contributed by atoms with Crippen LogP contribution >= 0.6 is 0 Å². The zero-order valence-electron chi connectivity index (χ0n) is 11.5. The Labute approximate surface area is 121 Å². The highest BCUT2D eigenvalue weighted by Gasteiger charge is 2.30. The summed E-state index contributed by atoms with van der Waals surface area (Å²) in [5.41, 5.74) is 1.48. The number of nitrogens with zero attached hydrogens (tertiary/aromatic N) is 2. The fraction of sp³-hybridized carbons (Fsp3) is 0.400. The van der Waals surface area contributed by atoms with Gasteiger partial charge in [-0.3, -0.25) is 9.88 Å². The van der Waals surface area contributed by atoms with Crippen LogP contribution in [0.3, 0.4) is 0 Å². The van der Waals surface area contributed by atoms with E-state index in [1.54, 1.807) is 18.3 Å². The Bertz CT molecular complexity index is 581. The molecule has 0 saturated heterocycles. The van der Waals surface area contributed by atoms with Gasteiger partial charge in [0, 0.05) is 31.3 Å². The second kappa shape index (κ2) is 6.87. The number of alkyl halides is 3. The molecule has 3 nitrogen and oxygen atoms in total. The van der Waals surface area contributed by atoms with Crippen LogP contribution in [0.1, 0.15) is 12.0 Å². The summed E-state index contributed by atoms with van der Waals surface area (Å²) in [4.78, 5) is 5.55. The average molecular weight is 298 g/mol. The number of aromatic nitrogens is 1. The van der Waals surface area contributed by atoms with E-state index < -0.39 is 12.7 Å². The van der Waals surface area contributed by atoms with Gasteiger partial charge in [0.1, 0.15) is 0 Å². The molecule has 0 aliphatic rings. The van der Waals surface area contributed by atoms with Crippen molar-refractivity contribution in [2.75, 3.05) is 19.7 Å². The molecule has 0 radical (unpaired) electrons. The Balaban J connectivity index is 2.21. The smallest absolute Gasteiger partial charge is 0.396 e. The maximum absolute atomic E-state index is 12.6. The molecule has 0 bridgehead atoms. The SMILES string of the molecule is OCCCN(Cc1cccc2cccnc12)CC(F)(F)F. The largest absolute Gasteiger partial charge is 0.401 e. The highest BCUT2D eigenvalue weighted by Crippen LogP contribution is 2.21. The fourth-order valence-electron chi connectivity index (χ4n) is 2.30. The Kier molecular flexibility index (Phi) is 5.14. The monoisotopic (exact) mass is 298 g/mol. The van der Waals surface area contributed by atoms with Crippen LogP contribution in [0.2, 0.25) is 0 Å². The van der Waals surface area contributed by atoms with E-state index >= 15 is 0 Å². The van der Waals surface area contributed by atoms with Gasteiger partial charge < -0.3 is 5.11 Å². The molecule has 1 N–H and O–H groups in total. The molecule has 1 aromatic carbocycles. The minimum Gasteiger partial charge on any atom is -0.396 e. The van der Waals surface area contributed by atoms with Gasteiger partial charge in [0.05, 0.1) is 12.1 Å². The van der Waals surface area contributed by atoms with E-state index in [4.69, 9.17) is 5.11 Å². The second-order valence-electron chi connectivity index (χ2n) is 4.90. The lowest BCUT2D eigenvalue weighted by atomic mass is 10.1. The molecule has 0 saturated carbocycles. The van der Waals surface area contributed by atoms with Gasteiger partial charge in [-0.2, -0.15) is 13.2 Å². The summed E-state index contributed by atoms with van der Waals surface area (Å²) >= 11 is 0. The predicted octanol–water partition coefficient (Wildman–Crippen LogP) is 2.98. The molecule has 2 aromatic rings. The number of hydrogen-bond acceptors (Lipinski definition) is 3. The van der Waals surface area contributed by atoms with Crippen molar-refractivity contribution in [2.45, 2.75) is 19.1 Å². The third-order valence-corrected chi connectivity index (χ3v) is 3.15. The quantitative estimate of drug-likeness (QED) is 0.890. The summed E-state index contributed by atoms with van der Waals surface area (Å²) in [5, 5.41) is 9.74. The molecule has 2 rings (SSSR count). The molecule has 0 aliphatic heterocycles. The van der Waals surface area contributed by atoms with E-state index in [-0.39, 0.29) is 19.7 Å². The van der Waals surface area contributed by atoms with Crippen molar-refractivity contribution >= 4 is 10.9 Å². The van der Waals surface area contributed by atoms with Gasteiger partial charge in [-0.25, -0.2) is 0 Å². The highest BCUT2D eigenvalue weighted by molar-refractivity contribution is 5.81. The number of benzene rings is 1. The molecule has 0 aliphatic carbocycles. The van der Waals surface area contributed by atoms with E-state index in [1.807, 2.05) is 18.2 Å². The summed E-state index contributed by atoms with van der Waals surface area (Å²) in [6.45, 7) is -0.758. The van der Waals surface area contributed by atoms with Gasteiger partial charge in [-0.05, 0) is 18.1 Å². The number of hydrogen-bond donors (Lipinski definition) is 1. The van der Waals surface area contributed by atoms with Crippen molar-refractivity contribution in [1.82, 2.24) is 9.88 Å². The van der Waals surface area contributed by atoms with Gasteiger partial charge in [-0.15, -0.1) is 0 Å². The fourth-order valence-corrected chi connectivity index (χ4v) is 2.30. The minimum absolute atomic E-state index is 0.123. The summed E-state index contributed by atoms with van der Waals surface area (Å²) in [7, 11) is 0. The Hall–Kier alpha value is -1.66. The molecule has 0 amide bonds. The van der Waals surface area contributed by atoms with Gasteiger partial charge >= 0.3 is 6.18 Å². The van der Waals surface area contributed by atoms with Crippen molar-refractivity contribution in [2.24, 2.45) is 0 Å². The van der Waals surface area contributed by atoms with Crippen molar-refractivity contribution in [3.05, 3.63) is 42.1 Å². The van der Waals surface area contributed by atoms with Gasteiger partial charge in [0.25, 0.3) is 0 Å². The Morgan fingerprint density at radius 1 is 1.14 bits per heavy atom. The summed E-state index contributed by atoms with van der Waals surface area (Å²) in [5.74, 6) is 0. The lowest BCUT2D eigenvalue weighted by molar-refractivity contribution is -0.147. The first kappa shape index (κ1) is 15.7. The number of para-hydroxylation sites is 1. The lowest BCUT2D eigenvalue weighted by Gasteiger charge is -2.23. The van der Waals surface area contributed by atoms with Crippen LogP contribution < -0.4 is 0 Å². The van der Waals surface area contributed by atoms with Crippen LogP contribution in [0.25, 0.3) is 10.9 Å². The van der Waals surface area contributed by atoms with Crippen LogP contribution in [0.4, 0.5) is 13.2 Å². The zero-order chi connectivity index (χ0) is 15.3. The van der Waals surface area contributed by atoms with E-state index in [9.17, 15) is 13.2 Å². The standard InChI is InChI=1S/C15H17F3N2O/c16-15(17,18)11-20(8-3-9-21)10-13-5-1-4-12-6-2-7-19-14(12)13/h1-2,4-7,21H,3,8-11H2. The maximum Gasteiger partial charge on any atom is 0.401 e. The first-order chi connectivity index (χ1) is 9.99. The number of aliphatic hydroxyl groups excluding tert-OH is 1. The zero-order valence-corrected chi connectivity index (χ0v) is 11.5. The summed E-state index contributed by atoms with van der Waals surface area (Å²) < 4.78 is 37.9. The van der Waals surface area contributed by atoms with Crippen LogP contribution in [-0.2, 0) is 6.54 Å². The molecule has 0 unspecified atom stereocenters. The normalized spacial score (nSPS) is 12.2. The number of fused-ring (bicyclic) bond motifs is 1. The van der Waals surface area contributed by atoms with Crippen LogP contribution in [0.5, 0.6) is 0 Å². The van der Waals surface area contributed by atoms with Crippen LogP contribution in [0, 0.1) is 0 Å². The first-order valence-corrected chi connectivity index (χ1v) is 6.72. The Morgan fingerprint density at radius 2 is 1.90 bits per heavy atom. The molecular weight excluding hydrogens is 281 g/mol. The molecule has 6 heteroatoms. The van der Waals surface area contributed by atoms with Crippen molar-refractivity contribution in [3.63, 3.8) is 0 Å². The molecule has 114 valence electrons. The van der Waals surface area contributed by atoms with E-state index in [1.165, 1.54) is 4.90 Å². The highest BCUT2D eigenvalue weighted by atomic mass is 19.4. The van der Waals surface area contributed by atoms with Gasteiger partial charge in [-0.1, -0.05) is 24.3 Å². The molecule has 0 atom stereocenters. The predicted molar refractivity (Wildman–Crippen MR) is 74.8 cm³/mol. The van der Waals surface area contributed by atoms with Crippen molar-refractivity contribution in [1.29, 1.82) is 0 Å². The minimum atomic E-state index is -4.26. The summed E-state index contributed by atoms with van der Waals surface area (Å²) in [6, 6.07) is 9.17. The molecule has 0 spiro atoms. The van der Waals surface area contributed by atoms with Gasteiger partial charge in [0.2, 0.25) is 0 Å². The lowest BCUT2D eigenvalue weighted by Crippen LogP contribution is -2.35. The second-order valence-corrected chi connectivity index (χ2v) is 4.90. The van der Waals surface area contributed by atoms with Crippen LogP contribution in [0.15, 0.2) is 36.5 Å². The third-order valence-electron chi connectivity index (χ3n) is 3.15. The van der Waals surface area contributed by atoms with E-state index in [0.29, 0.717) is 6.42 Å². The number of halogens is 3.